The highest BCUT2D eigenvalue weighted by atomic mass is 35.5. The first-order valence-electron chi connectivity index (χ1n) is 7.35. The van der Waals surface area contributed by atoms with Crippen molar-refractivity contribution in [2.75, 3.05) is 7.11 Å². The van der Waals surface area contributed by atoms with Crippen LogP contribution in [0.15, 0.2) is 58.5 Å². The molecule has 0 aliphatic carbocycles. The van der Waals surface area contributed by atoms with Crippen LogP contribution in [0.1, 0.15) is 21.0 Å². The molecule has 2 heterocycles. The Labute approximate surface area is 149 Å². The van der Waals surface area contributed by atoms with Gasteiger partial charge >= 0.3 is 0 Å². The molecule has 24 heavy (non-hydrogen) atoms. The molecule has 0 aliphatic rings. The maximum absolute atomic E-state index is 12.9. The van der Waals surface area contributed by atoms with Crippen molar-refractivity contribution in [3.63, 3.8) is 0 Å². The summed E-state index contributed by atoms with van der Waals surface area (Å²) in [5.74, 6) is 1.17. The van der Waals surface area contributed by atoms with Crippen molar-refractivity contribution in [3.8, 4) is 5.75 Å². The zero-order chi connectivity index (χ0) is 16.9. The molecule has 0 atom stereocenters. The summed E-state index contributed by atoms with van der Waals surface area (Å²) in [6.07, 6.45) is 1.60. The van der Waals surface area contributed by atoms with Gasteiger partial charge in [-0.15, -0.1) is 11.3 Å². The topological polar surface area (TPSA) is 42.7 Å². The number of carbonyl (C=O) groups is 1. The van der Waals surface area contributed by atoms with Crippen LogP contribution in [0.4, 0.5) is 0 Å². The summed E-state index contributed by atoms with van der Waals surface area (Å²) < 4.78 is 10.5. The Balaban J connectivity index is 1.85. The Morgan fingerprint density at radius 3 is 2.75 bits per heavy atom. The number of amides is 1. The van der Waals surface area contributed by atoms with Crippen molar-refractivity contribution in [1.29, 1.82) is 0 Å². The van der Waals surface area contributed by atoms with Gasteiger partial charge in [0, 0.05) is 10.4 Å². The monoisotopic (exact) mass is 361 g/mol. The highest BCUT2D eigenvalue weighted by molar-refractivity contribution is 7.09. The number of hydrogen-bond donors (Lipinski definition) is 0. The Hall–Kier alpha value is -2.24. The first-order chi connectivity index (χ1) is 11.7. The number of rotatable bonds is 6. The summed E-state index contributed by atoms with van der Waals surface area (Å²) in [4.78, 5) is 15.8. The largest absolute Gasteiger partial charge is 0.495 e. The quantitative estimate of drug-likeness (QED) is 0.630. The van der Waals surface area contributed by atoms with Gasteiger partial charge in [-0.3, -0.25) is 4.79 Å². The molecule has 1 amide bonds. The van der Waals surface area contributed by atoms with Crippen LogP contribution >= 0.6 is 22.9 Å². The maximum Gasteiger partial charge on any atom is 0.254 e. The van der Waals surface area contributed by atoms with Crippen molar-refractivity contribution in [3.05, 3.63) is 75.3 Å². The number of hydrogen-bond acceptors (Lipinski definition) is 4. The molecule has 0 unspecified atom stereocenters. The van der Waals surface area contributed by atoms with E-state index < -0.39 is 0 Å². The third kappa shape index (κ3) is 3.80. The first-order valence-corrected chi connectivity index (χ1v) is 8.60. The number of benzene rings is 1. The normalized spacial score (nSPS) is 10.6. The van der Waals surface area contributed by atoms with Gasteiger partial charge in [-0.25, -0.2) is 0 Å². The predicted molar refractivity (Wildman–Crippen MR) is 94.6 cm³/mol. The highest BCUT2D eigenvalue weighted by Gasteiger charge is 2.19. The average molecular weight is 362 g/mol. The van der Waals surface area contributed by atoms with Gasteiger partial charge in [-0.2, -0.15) is 0 Å². The van der Waals surface area contributed by atoms with Crippen LogP contribution in [-0.4, -0.2) is 17.9 Å². The second-order valence-electron chi connectivity index (χ2n) is 5.17. The van der Waals surface area contributed by atoms with E-state index in [4.69, 9.17) is 20.8 Å². The SMILES string of the molecule is COc1ccc(C(=O)N(Cc2ccco2)Cc2cccs2)cc1Cl. The van der Waals surface area contributed by atoms with Gasteiger partial charge in [0.25, 0.3) is 5.91 Å². The Morgan fingerprint density at radius 1 is 1.25 bits per heavy atom. The van der Waals surface area contributed by atoms with E-state index in [9.17, 15) is 4.79 Å². The van der Waals surface area contributed by atoms with Gasteiger partial charge in [-0.05, 0) is 41.8 Å². The van der Waals surface area contributed by atoms with Gasteiger partial charge in [0.15, 0.2) is 0 Å². The summed E-state index contributed by atoms with van der Waals surface area (Å²) >= 11 is 7.77. The van der Waals surface area contributed by atoms with Crippen LogP contribution in [0.2, 0.25) is 5.02 Å². The van der Waals surface area contributed by atoms with Crippen molar-refractivity contribution in [2.24, 2.45) is 0 Å². The third-order valence-corrected chi connectivity index (χ3v) is 4.70. The second-order valence-corrected chi connectivity index (χ2v) is 6.61. The van der Waals surface area contributed by atoms with Crippen molar-refractivity contribution >= 4 is 28.8 Å². The van der Waals surface area contributed by atoms with Crippen molar-refractivity contribution < 1.29 is 13.9 Å². The molecule has 124 valence electrons. The van der Waals surface area contributed by atoms with Gasteiger partial charge in [-0.1, -0.05) is 17.7 Å². The van der Waals surface area contributed by atoms with Gasteiger partial charge in [0.2, 0.25) is 0 Å². The minimum atomic E-state index is -0.107. The lowest BCUT2D eigenvalue weighted by Gasteiger charge is -2.21. The Bertz CT molecular complexity index is 764. The lowest BCUT2D eigenvalue weighted by atomic mass is 10.1. The van der Waals surface area contributed by atoms with Crippen molar-refractivity contribution in [2.45, 2.75) is 13.1 Å². The second kappa shape index (κ2) is 7.55. The number of ether oxygens (including phenoxy) is 1. The molecule has 0 N–H and O–H groups in total. The van der Waals surface area contributed by atoms with E-state index >= 15 is 0 Å². The molecule has 0 fully saturated rings. The first kappa shape index (κ1) is 16.6. The molecule has 1 aromatic carbocycles. The van der Waals surface area contributed by atoms with E-state index in [2.05, 4.69) is 0 Å². The smallest absolute Gasteiger partial charge is 0.254 e. The fraction of sp³-hybridized carbons (Fsp3) is 0.167. The van der Waals surface area contributed by atoms with Gasteiger partial charge < -0.3 is 14.1 Å². The molecule has 2 aromatic heterocycles. The molecule has 0 radical (unpaired) electrons. The van der Waals surface area contributed by atoms with E-state index in [1.807, 2.05) is 29.6 Å². The van der Waals surface area contributed by atoms with Crippen LogP contribution < -0.4 is 4.74 Å². The zero-order valence-electron chi connectivity index (χ0n) is 13.1. The number of methoxy groups -OCH3 is 1. The molecule has 4 nitrogen and oxygen atoms in total. The van der Waals surface area contributed by atoms with Gasteiger partial charge in [0.05, 0.1) is 31.5 Å². The molecule has 3 aromatic rings. The highest BCUT2D eigenvalue weighted by Crippen LogP contribution is 2.26. The summed E-state index contributed by atoms with van der Waals surface area (Å²) in [5.41, 5.74) is 0.518. The van der Waals surface area contributed by atoms with E-state index in [1.165, 1.54) is 0 Å². The molecule has 6 heteroatoms. The predicted octanol–water partition coefficient (Wildman–Crippen LogP) is 4.85. The van der Waals surface area contributed by atoms with E-state index in [0.717, 1.165) is 10.6 Å². The average Bonchev–Trinajstić information content (AvgIpc) is 3.27. The Kier molecular flexibility index (Phi) is 5.23. The fourth-order valence-corrected chi connectivity index (χ4v) is 3.34. The molecular formula is C18H16ClNO3S. The van der Waals surface area contributed by atoms with E-state index in [1.54, 1.807) is 47.8 Å². The van der Waals surface area contributed by atoms with Crippen molar-refractivity contribution in [1.82, 2.24) is 4.90 Å². The summed E-state index contributed by atoms with van der Waals surface area (Å²) in [5, 5.41) is 2.41. The molecule has 0 aliphatic heterocycles. The fourth-order valence-electron chi connectivity index (χ4n) is 2.36. The molecule has 0 spiro atoms. The molecule has 0 saturated carbocycles. The summed E-state index contributed by atoms with van der Waals surface area (Å²) in [6, 6.07) is 12.7. The number of halogens is 1. The lowest BCUT2D eigenvalue weighted by Crippen LogP contribution is -2.29. The van der Waals surface area contributed by atoms with E-state index in [0.29, 0.717) is 29.4 Å². The van der Waals surface area contributed by atoms with Crippen LogP contribution in [-0.2, 0) is 13.1 Å². The van der Waals surface area contributed by atoms with Crippen LogP contribution in [0.3, 0.4) is 0 Å². The number of carbonyl (C=O) groups excluding carboxylic acids is 1. The van der Waals surface area contributed by atoms with Crippen LogP contribution in [0, 0.1) is 0 Å². The Morgan fingerprint density at radius 2 is 2.12 bits per heavy atom. The van der Waals surface area contributed by atoms with Gasteiger partial charge in [0.1, 0.15) is 11.5 Å². The molecule has 3 rings (SSSR count). The number of furan rings is 1. The maximum atomic E-state index is 12.9. The molecular weight excluding hydrogens is 346 g/mol. The van der Waals surface area contributed by atoms with E-state index in [-0.39, 0.29) is 5.91 Å². The third-order valence-electron chi connectivity index (χ3n) is 3.54. The lowest BCUT2D eigenvalue weighted by molar-refractivity contribution is 0.0719. The number of nitrogens with zero attached hydrogens (tertiary/aromatic N) is 1. The minimum absolute atomic E-state index is 0.107. The summed E-state index contributed by atoms with van der Waals surface area (Å²) in [6.45, 7) is 0.911. The van der Waals surface area contributed by atoms with Crippen LogP contribution in [0.25, 0.3) is 0 Å². The molecule has 0 saturated heterocycles. The standard InChI is InChI=1S/C18H16ClNO3S/c1-22-17-7-6-13(10-16(17)19)18(21)20(11-14-4-2-8-23-14)12-15-5-3-9-24-15/h2-10H,11-12H2,1H3. The zero-order valence-corrected chi connectivity index (χ0v) is 14.6. The summed E-state index contributed by atoms with van der Waals surface area (Å²) in [7, 11) is 1.54. The molecule has 0 bridgehead atoms. The van der Waals surface area contributed by atoms with Crippen LogP contribution in [0.5, 0.6) is 5.75 Å². The number of thiophene rings is 1. The minimum Gasteiger partial charge on any atom is -0.495 e.